The van der Waals surface area contributed by atoms with Crippen molar-refractivity contribution in [2.75, 3.05) is 12.9 Å². The summed E-state index contributed by atoms with van der Waals surface area (Å²) in [6.45, 7) is 0.0690. The number of carboxylic acid groups (broad SMARTS) is 1. The smallest absolute Gasteiger partial charge is 0.328 e. The molecule has 92 valence electrons. The normalized spacial score (nSPS) is 11.6. The van der Waals surface area contributed by atoms with Gasteiger partial charge in [-0.3, -0.25) is 0 Å². The van der Waals surface area contributed by atoms with E-state index in [0.29, 0.717) is 5.75 Å². The van der Waals surface area contributed by atoms with Crippen LogP contribution in [0.4, 0.5) is 0 Å². The van der Waals surface area contributed by atoms with Gasteiger partial charge in [0.2, 0.25) is 0 Å². The topological polar surface area (TPSA) is 80.7 Å². The summed E-state index contributed by atoms with van der Waals surface area (Å²) < 4.78 is 27.7. The van der Waals surface area contributed by atoms with Crippen molar-refractivity contribution in [3.8, 4) is 5.75 Å². The van der Waals surface area contributed by atoms with Gasteiger partial charge in [-0.05, 0) is 24.3 Å². The van der Waals surface area contributed by atoms with E-state index in [4.69, 9.17) is 9.84 Å². The Labute approximate surface area is 99.3 Å². The minimum absolute atomic E-state index is 0.0690. The van der Waals surface area contributed by atoms with Crippen LogP contribution in [0.5, 0.6) is 5.75 Å². The number of hydrogen-bond acceptors (Lipinski definition) is 4. The third kappa shape index (κ3) is 4.69. The summed E-state index contributed by atoms with van der Waals surface area (Å²) in [6.07, 6.45) is 3.40. The Morgan fingerprint density at radius 2 is 2.18 bits per heavy atom. The zero-order valence-corrected chi connectivity index (χ0v) is 9.98. The molecule has 0 atom stereocenters. The molecule has 0 radical (unpaired) electrons. The summed E-state index contributed by atoms with van der Waals surface area (Å²) in [7, 11) is -3.26. The Bertz CT molecular complexity index is 531. The predicted octanol–water partition coefficient (Wildman–Crippen LogP) is 1.11. The number of hydrogen-bond donors (Lipinski definition) is 1. The molecule has 0 fully saturated rings. The first-order valence-corrected chi connectivity index (χ1v) is 6.61. The molecule has 0 aliphatic carbocycles. The Kier molecular flexibility index (Phi) is 4.28. The number of aliphatic carboxylic acids is 1. The summed E-state index contributed by atoms with van der Waals surface area (Å²) in [5.74, 6) is -0.679. The average Bonchev–Trinajstić information content (AvgIpc) is 2.23. The van der Waals surface area contributed by atoms with Crippen LogP contribution in [-0.2, 0) is 14.6 Å². The minimum Gasteiger partial charge on any atom is -0.489 e. The molecule has 1 rings (SSSR count). The van der Waals surface area contributed by atoms with E-state index in [0.717, 1.165) is 12.3 Å². The van der Waals surface area contributed by atoms with Crippen molar-refractivity contribution in [3.05, 3.63) is 36.4 Å². The van der Waals surface area contributed by atoms with Gasteiger partial charge >= 0.3 is 5.97 Å². The average molecular weight is 256 g/mol. The molecule has 0 spiro atoms. The molecule has 0 aliphatic heterocycles. The molecule has 0 bridgehead atoms. The molecule has 0 heterocycles. The van der Waals surface area contributed by atoms with Gasteiger partial charge in [0.25, 0.3) is 0 Å². The van der Waals surface area contributed by atoms with Gasteiger partial charge in [0, 0.05) is 12.3 Å². The Balaban J connectivity index is 2.70. The lowest BCUT2D eigenvalue weighted by Crippen LogP contribution is -1.99. The van der Waals surface area contributed by atoms with Crippen LogP contribution in [0.3, 0.4) is 0 Å². The first-order chi connectivity index (χ1) is 7.89. The van der Waals surface area contributed by atoms with Crippen LogP contribution in [0.15, 0.2) is 41.3 Å². The van der Waals surface area contributed by atoms with E-state index < -0.39 is 15.8 Å². The van der Waals surface area contributed by atoms with Gasteiger partial charge in [-0.25, -0.2) is 13.2 Å². The monoisotopic (exact) mass is 256 g/mol. The van der Waals surface area contributed by atoms with Gasteiger partial charge in [-0.2, -0.15) is 0 Å². The van der Waals surface area contributed by atoms with Crippen LogP contribution in [0, 0.1) is 0 Å². The van der Waals surface area contributed by atoms with Crippen LogP contribution in [0.2, 0.25) is 0 Å². The summed E-state index contributed by atoms with van der Waals surface area (Å²) >= 11 is 0. The van der Waals surface area contributed by atoms with Gasteiger partial charge in [0.15, 0.2) is 9.84 Å². The summed E-state index contributed by atoms with van der Waals surface area (Å²) in [6, 6.07) is 6.02. The molecular formula is C11H12O5S. The molecule has 0 saturated heterocycles. The highest BCUT2D eigenvalue weighted by atomic mass is 32.2. The van der Waals surface area contributed by atoms with E-state index in [-0.39, 0.29) is 11.5 Å². The second-order valence-electron chi connectivity index (χ2n) is 3.30. The van der Waals surface area contributed by atoms with Crippen LogP contribution in [0.25, 0.3) is 0 Å². The number of rotatable bonds is 5. The second kappa shape index (κ2) is 5.49. The molecule has 6 heteroatoms. The first kappa shape index (κ1) is 13.2. The molecule has 0 aromatic heterocycles. The molecule has 17 heavy (non-hydrogen) atoms. The number of carbonyl (C=O) groups is 1. The molecule has 1 N–H and O–H groups in total. The Hall–Kier alpha value is -1.82. The van der Waals surface area contributed by atoms with Crippen LogP contribution in [0.1, 0.15) is 0 Å². The van der Waals surface area contributed by atoms with E-state index in [9.17, 15) is 13.2 Å². The highest BCUT2D eigenvalue weighted by molar-refractivity contribution is 7.90. The lowest BCUT2D eigenvalue weighted by molar-refractivity contribution is -0.131. The maximum absolute atomic E-state index is 11.3. The lowest BCUT2D eigenvalue weighted by Gasteiger charge is -2.04. The van der Waals surface area contributed by atoms with Crippen molar-refractivity contribution in [2.45, 2.75) is 4.90 Å². The Morgan fingerprint density at radius 1 is 1.47 bits per heavy atom. The summed E-state index contributed by atoms with van der Waals surface area (Å²) in [5.41, 5.74) is 0. The van der Waals surface area contributed by atoms with E-state index in [1.165, 1.54) is 18.2 Å². The third-order valence-electron chi connectivity index (χ3n) is 1.84. The maximum atomic E-state index is 11.3. The lowest BCUT2D eigenvalue weighted by atomic mass is 10.3. The van der Waals surface area contributed by atoms with E-state index in [1.807, 2.05) is 0 Å². The third-order valence-corrected chi connectivity index (χ3v) is 2.95. The fourth-order valence-corrected chi connectivity index (χ4v) is 1.74. The van der Waals surface area contributed by atoms with E-state index >= 15 is 0 Å². The largest absolute Gasteiger partial charge is 0.489 e. The van der Waals surface area contributed by atoms with Crippen molar-refractivity contribution in [1.82, 2.24) is 0 Å². The molecule has 5 nitrogen and oxygen atoms in total. The van der Waals surface area contributed by atoms with Crippen molar-refractivity contribution in [2.24, 2.45) is 0 Å². The van der Waals surface area contributed by atoms with Gasteiger partial charge in [0.05, 0.1) is 4.90 Å². The number of carboxylic acids is 1. The molecule has 0 saturated carbocycles. The molecule has 0 aliphatic rings. The molecule has 1 aromatic rings. The number of sulfone groups is 1. The highest BCUT2D eigenvalue weighted by Crippen LogP contribution is 2.17. The van der Waals surface area contributed by atoms with Crippen LogP contribution in [-0.4, -0.2) is 32.4 Å². The quantitative estimate of drug-likeness (QED) is 0.798. The zero-order valence-electron chi connectivity index (χ0n) is 9.16. The van der Waals surface area contributed by atoms with Crippen molar-refractivity contribution in [3.63, 3.8) is 0 Å². The van der Waals surface area contributed by atoms with E-state index in [2.05, 4.69) is 0 Å². The fourth-order valence-electron chi connectivity index (χ4n) is 1.09. The number of ether oxygens (including phenoxy) is 1. The fraction of sp³-hybridized carbons (Fsp3) is 0.182. The van der Waals surface area contributed by atoms with Gasteiger partial charge in [-0.15, -0.1) is 0 Å². The summed E-state index contributed by atoms with van der Waals surface area (Å²) in [5, 5.41) is 8.34. The van der Waals surface area contributed by atoms with Crippen molar-refractivity contribution >= 4 is 15.8 Å². The SMILES string of the molecule is CS(=O)(=O)c1cccc(OCC=CC(=O)O)c1. The standard InChI is InChI=1S/C11H12O5S/c1-17(14,15)10-5-2-4-9(8-10)16-7-3-6-11(12)13/h2-6,8H,7H2,1H3,(H,12,13). The second-order valence-corrected chi connectivity index (χ2v) is 5.31. The van der Waals surface area contributed by atoms with Gasteiger partial charge < -0.3 is 9.84 Å². The number of benzene rings is 1. The molecule has 0 unspecified atom stereocenters. The highest BCUT2D eigenvalue weighted by Gasteiger charge is 2.07. The molecular weight excluding hydrogens is 244 g/mol. The van der Waals surface area contributed by atoms with Gasteiger partial charge in [0.1, 0.15) is 12.4 Å². The zero-order chi connectivity index (χ0) is 12.9. The minimum atomic E-state index is -3.26. The van der Waals surface area contributed by atoms with E-state index in [1.54, 1.807) is 12.1 Å². The summed E-state index contributed by atoms with van der Waals surface area (Å²) in [4.78, 5) is 10.3. The molecule has 1 aromatic carbocycles. The molecule has 0 amide bonds. The van der Waals surface area contributed by atoms with Crippen LogP contribution < -0.4 is 4.74 Å². The van der Waals surface area contributed by atoms with Crippen molar-refractivity contribution in [1.29, 1.82) is 0 Å². The predicted molar refractivity (Wildman–Crippen MR) is 61.8 cm³/mol. The maximum Gasteiger partial charge on any atom is 0.328 e. The van der Waals surface area contributed by atoms with Crippen molar-refractivity contribution < 1.29 is 23.1 Å². The van der Waals surface area contributed by atoms with Gasteiger partial charge in [-0.1, -0.05) is 6.07 Å². The van der Waals surface area contributed by atoms with Crippen LogP contribution >= 0.6 is 0 Å². The first-order valence-electron chi connectivity index (χ1n) is 4.72. The Morgan fingerprint density at radius 3 is 2.76 bits per heavy atom.